The van der Waals surface area contributed by atoms with Crippen molar-refractivity contribution in [2.45, 2.75) is 31.7 Å². The molecule has 0 radical (unpaired) electrons. The molecule has 6 heteroatoms. The van der Waals surface area contributed by atoms with Gasteiger partial charge in [-0.3, -0.25) is 9.79 Å². The molecule has 0 bridgehead atoms. The number of rotatable bonds is 3. The molecule has 1 N–H and O–H groups in total. The van der Waals surface area contributed by atoms with Crippen LogP contribution in [0.3, 0.4) is 0 Å². The average molecular weight is 433 g/mol. The third-order valence-corrected chi connectivity index (χ3v) is 6.84. The summed E-state index contributed by atoms with van der Waals surface area (Å²) in [5.41, 5.74) is 1.19. The first-order valence-electron chi connectivity index (χ1n) is 8.32. The number of hydrogen-bond acceptors (Lipinski definition) is 4. The number of thioether (sulfide) groups is 1. The Bertz CT molecular complexity index is 849. The first-order valence-corrected chi connectivity index (χ1v) is 10.7. The summed E-state index contributed by atoms with van der Waals surface area (Å²) in [6.45, 7) is 0. The van der Waals surface area contributed by atoms with Gasteiger partial charge in [0.05, 0.1) is 10.9 Å². The number of aliphatic imine (C=N–C) groups is 1. The van der Waals surface area contributed by atoms with Gasteiger partial charge in [-0.15, -0.1) is 11.3 Å². The normalized spacial score (nSPS) is 21.4. The van der Waals surface area contributed by atoms with E-state index >= 15 is 0 Å². The van der Waals surface area contributed by atoms with E-state index in [4.69, 9.17) is 0 Å². The van der Waals surface area contributed by atoms with E-state index in [0.29, 0.717) is 6.04 Å². The maximum atomic E-state index is 12.2. The first-order chi connectivity index (χ1) is 12.2. The van der Waals surface area contributed by atoms with E-state index in [-0.39, 0.29) is 5.91 Å². The van der Waals surface area contributed by atoms with E-state index in [1.165, 1.54) is 35.0 Å². The molecule has 4 rings (SSSR count). The molecule has 0 spiro atoms. The van der Waals surface area contributed by atoms with Crippen LogP contribution in [-0.4, -0.2) is 17.1 Å². The molecule has 1 amide bonds. The molecule has 2 fully saturated rings. The number of nitrogens with one attached hydrogen (secondary N) is 1. The molecular formula is C19H17BrN2OS2. The molecular weight excluding hydrogens is 416 g/mol. The van der Waals surface area contributed by atoms with Crippen LogP contribution in [-0.2, 0) is 4.79 Å². The number of amides is 1. The Morgan fingerprint density at radius 3 is 2.64 bits per heavy atom. The topological polar surface area (TPSA) is 41.5 Å². The van der Waals surface area contributed by atoms with Crippen LogP contribution >= 0.6 is 39.0 Å². The van der Waals surface area contributed by atoms with Crippen LogP contribution in [0.25, 0.3) is 16.5 Å². The average Bonchev–Trinajstić information content (AvgIpc) is 3.32. The standard InChI is InChI=1S/C19H17BrN2OS2/c20-13-7-5-12(6-8-13)16-10-9-15(24-16)11-17-18(23)22-19(25-17)21-14-3-1-2-4-14/h5-11,14H,1-4H2,(H,21,22,23)/b17-11-. The van der Waals surface area contributed by atoms with Crippen molar-refractivity contribution < 1.29 is 4.79 Å². The Balaban J connectivity index is 1.51. The molecule has 1 aromatic carbocycles. The predicted molar refractivity (Wildman–Crippen MR) is 111 cm³/mol. The van der Waals surface area contributed by atoms with Gasteiger partial charge in [0.25, 0.3) is 5.91 Å². The molecule has 0 atom stereocenters. The Morgan fingerprint density at radius 2 is 1.88 bits per heavy atom. The lowest BCUT2D eigenvalue weighted by atomic mass is 10.2. The largest absolute Gasteiger partial charge is 0.301 e. The van der Waals surface area contributed by atoms with Gasteiger partial charge in [0.15, 0.2) is 5.17 Å². The van der Waals surface area contributed by atoms with Gasteiger partial charge >= 0.3 is 0 Å². The van der Waals surface area contributed by atoms with Gasteiger partial charge < -0.3 is 5.32 Å². The number of carbonyl (C=O) groups is 1. The summed E-state index contributed by atoms with van der Waals surface area (Å²) in [5, 5.41) is 3.66. The zero-order chi connectivity index (χ0) is 17.2. The van der Waals surface area contributed by atoms with Crippen LogP contribution < -0.4 is 5.32 Å². The molecule has 25 heavy (non-hydrogen) atoms. The second-order valence-electron chi connectivity index (χ2n) is 6.15. The number of hydrogen-bond donors (Lipinski definition) is 1. The Labute approximate surface area is 163 Å². The second kappa shape index (κ2) is 7.48. The number of nitrogens with zero attached hydrogens (tertiary/aromatic N) is 1. The summed E-state index contributed by atoms with van der Waals surface area (Å²) in [6.07, 6.45) is 6.73. The van der Waals surface area contributed by atoms with E-state index in [1.807, 2.05) is 18.2 Å². The predicted octanol–water partition coefficient (Wildman–Crippen LogP) is 5.68. The molecule has 2 aromatic rings. The Kier molecular flexibility index (Phi) is 5.10. The summed E-state index contributed by atoms with van der Waals surface area (Å²) in [7, 11) is 0. The fraction of sp³-hybridized carbons (Fsp3) is 0.263. The van der Waals surface area contributed by atoms with Crippen molar-refractivity contribution in [1.82, 2.24) is 5.32 Å². The van der Waals surface area contributed by atoms with Crippen LogP contribution in [0.2, 0.25) is 0 Å². The monoisotopic (exact) mass is 432 g/mol. The van der Waals surface area contributed by atoms with E-state index in [9.17, 15) is 4.79 Å². The van der Waals surface area contributed by atoms with Crippen molar-refractivity contribution in [3.63, 3.8) is 0 Å². The van der Waals surface area contributed by atoms with E-state index < -0.39 is 0 Å². The van der Waals surface area contributed by atoms with E-state index in [0.717, 1.165) is 32.3 Å². The van der Waals surface area contributed by atoms with Crippen LogP contribution in [0.15, 0.2) is 50.8 Å². The summed E-state index contributed by atoms with van der Waals surface area (Å²) >= 11 is 6.61. The molecule has 0 unspecified atom stereocenters. The molecule has 128 valence electrons. The molecule has 1 saturated carbocycles. The lowest BCUT2D eigenvalue weighted by Crippen LogP contribution is -2.21. The smallest absolute Gasteiger partial charge is 0.264 e. The van der Waals surface area contributed by atoms with Crippen molar-refractivity contribution in [3.8, 4) is 10.4 Å². The van der Waals surface area contributed by atoms with Gasteiger partial charge in [-0.25, -0.2) is 0 Å². The highest BCUT2D eigenvalue weighted by Crippen LogP contribution is 2.33. The summed E-state index contributed by atoms with van der Waals surface area (Å²) in [5.74, 6) is -0.0414. The van der Waals surface area contributed by atoms with Crippen molar-refractivity contribution in [2.75, 3.05) is 0 Å². The van der Waals surface area contributed by atoms with Crippen molar-refractivity contribution >= 4 is 56.2 Å². The minimum Gasteiger partial charge on any atom is -0.301 e. The van der Waals surface area contributed by atoms with Gasteiger partial charge in [-0.05, 0) is 60.5 Å². The highest BCUT2D eigenvalue weighted by Gasteiger charge is 2.25. The van der Waals surface area contributed by atoms with Crippen LogP contribution in [0, 0.1) is 0 Å². The van der Waals surface area contributed by atoms with E-state index in [2.05, 4.69) is 50.5 Å². The lowest BCUT2D eigenvalue weighted by Gasteiger charge is -2.02. The third kappa shape index (κ3) is 4.07. The van der Waals surface area contributed by atoms with Gasteiger partial charge in [-0.1, -0.05) is 40.9 Å². The maximum absolute atomic E-state index is 12.2. The van der Waals surface area contributed by atoms with Gasteiger partial charge in [0.2, 0.25) is 0 Å². The summed E-state index contributed by atoms with van der Waals surface area (Å²) in [4.78, 5) is 19.9. The minimum atomic E-state index is -0.0414. The SMILES string of the molecule is O=C1NC(=NC2CCCC2)S/C1=C\c1ccc(-c2ccc(Br)cc2)s1. The Morgan fingerprint density at radius 1 is 1.12 bits per heavy atom. The van der Waals surface area contributed by atoms with Crippen molar-refractivity contribution in [3.05, 3.63) is 50.7 Å². The highest BCUT2D eigenvalue weighted by atomic mass is 79.9. The third-order valence-electron chi connectivity index (χ3n) is 4.30. The van der Waals surface area contributed by atoms with Gasteiger partial charge in [0, 0.05) is 14.2 Å². The minimum absolute atomic E-state index is 0.0414. The van der Waals surface area contributed by atoms with Crippen LogP contribution in [0.1, 0.15) is 30.6 Å². The van der Waals surface area contributed by atoms with Crippen LogP contribution in [0.5, 0.6) is 0 Å². The molecule has 2 aliphatic rings. The molecule has 1 aliphatic heterocycles. The fourth-order valence-electron chi connectivity index (χ4n) is 3.02. The molecule has 1 saturated heterocycles. The quantitative estimate of drug-likeness (QED) is 0.633. The molecule has 2 heterocycles. The first kappa shape index (κ1) is 17.1. The Hall–Kier alpha value is -1.37. The van der Waals surface area contributed by atoms with Crippen molar-refractivity contribution in [1.29, 1.82) is 0 Å². The number of carbonyl (C=O) groups excluding carboxylic acids is 1. The molecule has 1 aliphatic carbocycles. The maximum Gasteiger partial charge on any atom is 0.264 e. The summed E-state index contributed by atoms with van der Waals surface area (Å²) < 4.78 is 1.07. The lowest BCUT2D eigenvalue weighted by molar-refractivity contribution is -0.115. The summed E-state index contributed by atoms with van der Waals surface area (Å²) in [6, 6.07) is 12.8. The number of halogens is 1. The second-order valence-corrected chi connectivity index (χ2v) is 9.21. The van der Waals surface area contributed by atoms with Gasteiger partial charge in [-0.2, -0.15) is 0 Å². The zero-order valence-corrected chi connectivity index (χ0v) is 16.7. The number of benzene rings is 1. The number of amidine groups is 1. The fourth-order valence-corrected chi connectivity index (χ4v) is 5.20. The van der Waals surface area contributed by atoms with Crippen LogP contribution in [0.4, 0.5) is 0 Å². The van der Waals surface area contributed by atoms with Crippen molar-refractivity contribution in [2.24, 2.45) is 4.99 Å². The molecule has 3 nitrogen and oxygen atoms in total. The zero-order valence-electron chi connectivity index (χ0n) is 13.5. The highest BCUT2D eigenvalue weighted by molar-refractivity contribution is 9.10. The van der Waals surface area contributed by atoms with Gasteiger partial charge in [0.1, 0.15) is 0 Å². The van der Waals surface area contributed by atoms with E-state index in [1.54, 1.807) is 11.3 Å². The molecule has 1 aromatic heterocycles. The number of thiophene rings is 1.